The van der Waals surface area contributed by atoms with Gasteiger partial charge in [0.05, 0.1) is 18.3 Å². The molecular weight excluding hydrogens is 286 g/mol. The summed E-state index contributed by atoms with van der Waals surface area (Å²) in [5.74, 6) is -0.144. The molecule has 2 rings (SSSR count). The first-order valence-electron chi connectivity index (χ1n) is 5.12. The first-order chi connectivity index (χ1) is 8.20. The highest BCUT2D eigenvalue weighted by molar-refractivity contribution is 9.10. The van der Waals surface area contributed by atoms with Gasteiger partial charge in [0.25, 0.3) is 5.91 Å². The zero-order valence-electron chi connectivity index (χ0n) is 9.29. The minimum Gasteiger partial charge on any atom is -0.383 e. The molecule has 0 aliphatic rings. The number of hydrogen-bond donors (Lipinski definition) is 2. The fourth-order valence-corrected chi connectivity index (χ4v) is 1.84. The van der Waals surface area contributed by atoms with E-state index in [1.807, 2.05) is 6.07 Å². The van der Waals surface area contributed by atoms with E-state index in [-0.39, 0.29) is 5.91 Å². The molecule has 1 amide bonds. The summed E-state index contributed by atoms with van der Waals surface area (Å²) < 4.78 is 5.61. The summed E-state index contributed by atoms with van der Waals surface area (Å²) >= 11 is 3.29. The molecule has 0 radical (unpaired) electrons. The van der Waals surface area contributed by atoms with Gasteiger partial charge in [-0.2, -0.15) is 0 Å². The number of pyridine rings is 1. The lowest BCUT2D eigenvalue weighted by atomic mass is 10.3. The maximum absolute atomic E-state index is 11.7. The fourth-order valence-electron chi connectivity index (χ4n) is 1.49. The van der Waals surface area contributed by atoms with Gasteiger partial charge >= 0.3 is 0 Å². The van der Waals surface area contributed by atoms with Gasteiger partial charge < -0.3 is 15.0 Å². The fraction of sp³-hybridized carbons (Fsp3) is 0.273. The van der Waals surface area contributed by atoms with Gasteiger partial charge in [0.2, 0.25) is 0 Å². The Labute approximate surface area is 107 Å². The summed E-state index contributed by atoms with van der Waals surface area (Å²) in [6, 6.07) is 3.65. The number of fused-ring (bicyclic) bond motifs is 1. The molecule has 2 aromatic heterocycles. The van der Waals surface area contributed by atoms with E-state index in [2.05, 4.69) is 31.2 Å². The van der Waals surface area contributed by atoms with Crippen molar-refractivity contribution in [1.82, 2.24) is 15.3 Å². The third-order valence-corrected chi connectivity index (χ3v) is 2.74. The molecule has 90 valence electrons. The van der Waals surface area contributed by atoms with E-state index < -0.39 is 0 Å². The van der Waals surface area contributed by atoms with Crippen LogP contribution >= 0.6 is 15.9 Å². The minimum absolute atomic E-state index is 0.144. The topological polar surface area (TPSA) is 67.0 Å². The van der Waals surface area contributed by atoms with E-state index in [1.54, 1.807) is 19.4 Å². The quantitative estimate of drug-likeness (QED) is 0.667. The summed E-state index contributed by atoms with van der Waals surface area (Å²) in [6.45, 7) is 0.992. The standard InChI is InChI=1S/C11H12BrN3O2/c1-17-3-2-13-11(16)8-4-7-5-10(12)14-6-9(7)15-8/h4-6,15H,2-3H2,1H3,(H,13,16). The van der Waals surface area contributed by atoms with Crippen molar-refractivity contribution >= 4 is 32.7 Å². The van der Waals surface area contributed by atoms with Crippen LogP contribution in [0.3, 0.4) is 0 Å². The lowest BCUT2D eigenvalue weighted by molar-refractivity contribution is 0.0933. The largest absolute Gasteiger partial charge is 0.383 e. The number of nitrogens with zero attached hydrogens (tertiary/aromatic N) is 1. The molecule has 6 heteroatoms. The monoisotopic (exact) mass is 297 g/mol. The second-order valence-corrected chi connectivity index (χ2v) is 4.34. The van der Waals surface area contributed by atoms with Crippen molar-refractivity contribution in [1.29, 1.82) is 0 Å². The van der Waals surface area contributed by atoms with E-state index in [0.717, 1.165) is 15.5 Å². The number of aromatic amines is 1. The number of hydrogen-bond acceptors (Lipinski definition) is 3. The number of ether oxygens (including phenoxy) is 1. The second kappa shape index (κ2) is 5.29. The molecular formula is C11H12BrN3O2. The molecule has 0 aliphatic heterocycles. The average molecular weight is 298 g/mol. The Morgan fingerprint density at radius 2 is 2.41 bits per heavy atom. The van der Waals surface area contributed by atoms with Crippen LogP contribution in [-0.2, 0) is 4.74 Å². The Balaban J connectivity index is 2.15. The van der Waals surface area contributed by atoms with Crippen LogP contribution in [0, 0.1) is 0 Å². The first kappa shape index (κ1) is 12.1. The molecule has 2 aromatic rings. The molecule has 2 N–H and O–H groups in total. The molecule has 0 aliphatic carbocycles. The molecule has 0 saturated carbocycles. The van der Waals surface area contributed by atoms with E-state index in [9.17, 15) is 4.79 Å². The molecule has 2 heterocycles. The van der Waals surface area contributed by atoms with Crippen molar-refractivity contribution in [2.45, 2.75) is 0 Å². The highest BCUT2D eigenvalue weighted by Crippen LogP contribution is 2.17. The maximum atomic E-state index is 11.7. The molecule has 0 spiro atoms. The van der Waals surface area contributed by atoms with E-state index in [0.29, 0.717) is 18.8 Å². The molecule has 5 nitrogen and oxygen atoms in total. The summed E-state index contributed by atoms with van der Waals surface area (Å²) in [5, 5.41) is 3.70. The van der Waals surface area contributed by atoms with Crippen LogP contribution in [0.2, 0.25) is 0 Å². The first-order valence-corrected chi connectivity index (χ1v) is 5.91. The summed E-state index contributed by atoms with van der Waals surface area (Å²) in [5.41, 5.74) is 1.36. The lowest BCUT2D eigenvalue weighted by Crippen LogP contribution is -2.27. The van der Waals surface area contributed by atoms with Crippen LogP contribution in [0.25, 0.3) is 10.9 Å². The molecule has 17 heavy (non-hydrogen) atoms. The number of H-pyrrole nitrogens is 1. The van der Waals surface area contributed by atoms with Crippen LogP contribution < -0.4 is 5.32 Å². The van der Waals surface area contributed by atoms with Gasteiger partial charge in [-0.15, -0.1) is 0 Å². The lowest BCUT2D eigenvalue weighted by Gasteiger charge is -2.01. The van der Waals surface area contributed by atoms with Crippen LogP contribution in [0.1, 0.15) is 10.5 Å². The van der Waals surface area contributed by atoms with Crippen molar-refractivity contribution in [2.75, 3.05) is 20.3 Å². The Bertz CT molecular complexity index is 538. The molecule has 0 saturated heterocycles. The van der Waals surface area contributed by atoms with Crippen LogP contribution in [0.15, 0.2) is 22.9 Å². The number of nitrogens with one attached hydrogen (secondary N) is 2. The third kappa shape index (κ3) is 2.83. The van der Waals surface area contributed by atoms with Gasteiger partial charge in [0.15, 0.2) is 0 Å². The van der Waals surface area contributed by atoms with Gasteiger partial charge in [0.1, 0.15) is 10.3 Å². The summed E-state index contributed by atoms with van der Waals surface area (Å²) in [7, 11) is 1.60. The number of carbonyl (C=O) groups is 1. The van der Waals surface area contributed by atoms with Crippen molar-refractivity contribution in [3.63, 3.8) is 0 Å². The Morgan fingerprint density at radius 3 is 3.18 bits per heavy atom. The van der Waals surface area contributed by atoms with E-state index >= 15 is 0 Å². The maximum Gasteiger partial charge on any atom is 0.267 e. The van der Waals surface area contributed by atoms with Crippen molar-refractivity contribution in [3.8, 4) is 0 Å². The van der Waals surface area contributed by atoms with Crippen molar-refractivity contribution in [3.05, 3.63) is 28.6 Å². The zero-order valence-corrected chi connectivity index (χ0v) is 10.9. The van der Waals surface area contributed by atoms with Crippen molar-refractivity contribution < 1.29 is 9.53 Å². The highest BCUT2D eigenvalue weighted by Gasteiger charge is 2.09. The van der Waals surface area contributed by atoms with Gasteiger partial charge in [-0.1, -0.05) is 0 Å². The molecule has 0 unspecified atom stereocenters. The smallest absolute Gasteiger partial charge is 0.267 e. The average Bonchev–Trinajstić information content (AvgIpc) is 2.72. The molecule has 0 bridgehead atoms. The summed E-state index contributed by atoms with van der Waals surface area (Å²) in [4.78, 5) is 18.8. The van der Waals surface area contributed by atoms with Gasteiger partial charge in [0, 0.05) is 19.0 Å². The Hall–Kier alpha value is -1.40. The number of aromatic nitrogens is 2. The number of rotatable bonds is 4. The predicted octanol–water partition coefficient (Wildman–Crippen LogP) is 1.70. The van der Waals surface area contributed by atoms with Crippen LogP contribution in [-0.4, -0.2) is 36.1 Å². The number of halogens is 1. The SMILES string of the molecule is COCCNC(=O)c1cc2cc(Br)ncc2[nH]1. The zero-order chi connectivity index (χ0) is 12.3. The van der Waals surface area contributed by atoms with Crippen LogP contribution in [0.4, 0.5) is 0 Å². The second-order valence-electron chi connectivity index (χ2n) is 3.53. The molecule has 0 atom stereocenters. The predicted molar refractivity (Wildman–Crippen MR) is 68.0 cm³/mol. The number of amides is 1. The third-order valence-electron chi connectivity index (χ3n) is 2.31. The van der Waals surface area contributed by atoms with Gasteiger partial charge in [-0.05, 0) is 28.1 Å². The molecule has 0 aromatic carbocycles. The summed E-state index contributed by atoms with van der Waals surface area (Å²) in [6.07, 6.45) is 1.69. The normalized spacial score (nSPS) is 10.7. The Kier molecular flexibility index (Phi) is 3.75. The van der Waals surface area contributed by atoms with Crippen LogP contribution in [0.5, 0.6) is 0 Å². The number of methoxy groups -OCH3 is 1. The van der Waals surface area contributed by atoms with E-state index in [1.165, 1.54) is 0 Å². The Morgan fingerprint density at radius 1 is 1.59 bits per heavy atom. The van der Waals surface area contributed by atoms with Gasteiger partial charge in [-0.3, -0.25) is 4.79 Å². The number of carbonyl (C=O) groups excluding carboxylic acids is 1. The molecule has 0 fully saturated rings. The van der Waals surface area contributed by atoms with Crippen molar-refractivity contribution in [2.24, 2.45) is 0 Å². The van der Waals surface area contributed by atoms with Gasteiger partial charge in [-0.25, -0.2) is 4.98 Å². The highest BCUT2D eigenvalue weighted by atomic mass is 79.9. The minimum atomic E-state index is -0.144. The van der Waals surface area contributed by atoms with E-state index in [4.69, 9.17) is 4.74 Å².